The Balaban J connectivity index is 1.94. The Hall–Kier alpha value is -2.85. The van der Waals surface area contributed by atoms with Crippen LogP contribution in [0.1, 0.15) is 22.3 Å². The molecule has 0 amide bonds. The van der Waals surface area contributed by atoms with Crippen molar-refractivity contribution in [3.63, 3.8) is 0 Å². The summed E-state index contributed by atoms with van der Waals surface area (Å²) in [6.45, 7) is 2.90. The van der Waals surface area contributed by atoms with Crippen LogP contribution in [0, 0.1) is 18.3 Å². The molecule has 2 aromatic rings. The lowest BCUT2D eigenvalue weighted by Gasteiger charge is -2.13. The number of rotatable bonds is 5. The molecule has 0 aromatic heterocycles. The second kappa shape index (κ2) is 8.50. The van der Waals surface area contributed by atoms with Gasteiger partial charge >= 0.3 is 0 Å². The van der Waals surface area contributed by atoms with Crippen molar-refractivity contribution in [3.05, 3.63) is 64.7 Å². The van der Waals surface area contributed by atoms with Crippen molar-refractivity contribution in [2.75, 3.05) is 13.3 Å². The summed E-state index contributed by atoms with van der Waals surface area (Å²) in [5.41, 5.74) is 3.37. The Kier molecular flexibility index (Phi) is 6.36. The molecule has 0 saturated heterocycles. The van der Waals surface area contributed by atoms with Crippen molar-refractivity contribution in [3.8, 4) is 6.07 Å². The number of guanidine groups is 1. The van der Waals surface area contributed by atoms with E-state index in [0.29, 0.717) is 29.5 Å². The molecule has 7 heteroatoms. The molecule has 2 aromatic carbocycles. The van der Waals surface area contributed by atoms with Crippen molar-refractivity contribution >= 4 is 15.8 Å². The number of nitrogens with one attached hydrogen (secondary N) is 2. The highest BCUT2D eigenvalue weighted by Gasteiger charge is 2.10. The molecule has 0 heterocycles. The normalized spacial score (nSPS) is 11.7. The molecule has 0 fully saturated rings. The zero-order valence-corrected chi connectivity index (χ0v) is 15.9. The van der Waals surface area contributed by atoms with Gasteiger partial charge in [-0.05, 0) is 41.8 Å². The molecule has 2 rings (SSSR count). The van der Waals surface area contributed by atoms with Crippen LogP contribution in [0.15, 0.2) is 52.4 Å². The summed E-state index contributed by atoms with van der Waals surface area (Å²) < 4.78 is 23.4. The van der Waals surface area contributed by atoms with Gasteiger partial charge in [-0.15, -0.1) is 0 Å². The minimum atomic E-state index is -3.21. The molecule has 26 heavy (non-hydrogen) atoms. The second-order valence-electron chi connectivity index (χ2n) is 5.96. The van der Waals surface area contributed by atoms with E-state index in [-0.39, 0.29) is 0 Å². The lowest BCUT2D eigenvalue weighted by molar-refractivity contribution is 0.601. The smallest absolute Gasteiger partial charge is 0.191 e. The Labute approximate surface area is 154 Å². The number of nitriles is 1. The lowest BCUT2D eigenvalue weighted by Crippen LogP contribution is -2.36. The molecule has 0 unspecified atom stereocenters. The van der Waals surface area contributed by atoms with Crippen LogP contribution in [0.2, 0.25) is 0 Å². The first-order valence-electron chi connectivity index (χ1n) is 8.06. The van der Waals surface area contributed by atoms with Gasteiger partial charge < -0.3 is 10.6 Å². The third-order valence-electron chi connectivity index (χ3n) is 3.87. The van der Waals surface area contributed by atoms with Gasteiger partial charge in [0.25, 0.3) is 0 Å². The van der Waals surface area contributed by atoms with E-state index in [9.17, 15) is 8.42 Å². The molecule has 0 aliphatic heterocycles. The van der Waals surface area contributed by atoms with E-state index in [1.54, 1.807) is 38.2 Å². The molecule has 0 bridgehead atoms. The van der Waals surface area contributed by atoms with Gasteiger partial charge in [-0.1, -0.05) is 24.3 Å². The van der Waals surface area contributed by atoms with Crippen molar-refractivity contribution in [1.29, 1.82) is 5.26 Å². The van der Waals surface area contributed by atoms with Gasteiger partial charge in [0.05, 0.1) is 16.5 Å². The summed E-state index contributed by atoms with van der Waals surface area (Å²) in [4.78, 5) is 4.53. The van der Waals surface area contributed by atoms with E-state index in [2.05, 4.69) is 21.7 Å². The van der Waals surface area contributed by atoms with Crippen LogP contribution >= 0.6 is 0 Å². The third kappa shape index (κ3) is 5.33. The quantitative estimate of drug-likeness (QED) is 0.621. The average Bonchev–Trinajstić information content (AvgIpc) is 2.61. The summed E-state index contributed by atoms with van der Waals surface area (Å²) in [5.74, 6) is 0.638. The van der Waals surface area contributed by atoms with E-state index < -0.39 is 9.84 Å². The van der Waals surface area contributed by atoms with E-state index in [1.165, 1.54) is 6.26 Å². The molecule has 136 valence electrons. The minimum Gasteiger partial charge on any atom is -0.352 e. The van der Waals surface area contributed by atoms with Crippen LogP contribution in [-0.2, 0) is 22.9 Å². The summed E-state index contributed by atoms with van der Waals surface area (Å²) >= 11 is 0. The van der Waals surface area contributed by atoms with Crippen molar-refractivity contribution in [2.45, 2.75) is 24.9 Å². The maximum atomic E-state index is 11.7. The highest BCUT2D eigenvalue weighted by molar-refractivity contribution is 7.90. The van der Waals surface area contributed by atoms with Crippen LogP contribution in [0.3, 0.4) is 0 Å². The standard InChI is InChI=1S/C19H22N4O2S/c1-14-10-17(8-9-18(14)26(3,24)25)13-23-19(21-2)22-12-16-6-4-15(11-20)5-7-16/h4-10H,12-13H2,1-3H3,(H2,21,22,23). The third-order valence-corrected chi connectivity index (χ3v) is 5.12. The number of sulfone groups is 1. The fraction of sp³-hybridized carbons (Fsp3) is 0.263. The van der Waals surface area contributed by atoms with Gasteiger partial charge in [0.15, 0.2) is 15.8 Å². The number of aliphatic imine (C=N–C) groups is 1. The SMILES string of the molecule is CN=C(NCc1ccc(C#N)cc1)NCc1ccc(S(C)(=O)=O)c(C)c1. The maximum Gasteiger partial charge on any atom is 0.191 e. The van der Waals surface area contributed by atoms with Gasteiger partial charge in [0, 0.05) is 26.4 Å². The maximum absolute atomic E-state index is 11.7. The first kappa shape index (κ1) is 19.5. The van der Waals surface area contributed by atoms with Crippen LogP contribution in [0.4, 0.5) is 0 Å². The molecule has 0 atom stereocenters. The molecule has 0 aliphatic carbocycles. The molecular formula is C19H22N4O2S. The van der Waals surface area contributed by atoms with Gasteiger partial charge in [0.2, 0.25) is 0 Å². The number of nitrogens with zero attached hydrogens (tertiary/aromatic N) is 2. The van der Waals surface area contributed by atoms with E-state index in [1.807, 2.05) is 18.2 Å². The van der Waals surface area contributed by atoms with Gasteiger partial charge in [-0.2, -0.15) is 5.26 Å². The molecule has 2 N–H and O–H groups in total. The van der Waals surface area contributed by atoms with E-state index in [0.717, 1.165) is 16.7 Å². The molecule has 0 saturated carbocycles. The Bertz CT molecular complexity index is 942. The zero-order chi connectivity index (χ0) is 19.2. The first-order valence-corrected chi connectivity index (χ1v) is 9.96. The van der Waals surface area contributed by atoms with Crippen LogP contribution in [0.25, 0.3) is 0 Å². The number of aryl methyl sites for hydroxylation is 1. The predicted molar refractivity (Wildman–Crippen MR) is 102 cm³/mol. The van der Waals surface area contributed by atoms with E-state index in [4.69, 9.17) is 5.26 Å². The summed E-state index contributed by atoms with van der Waals surface area (Å²) in [6, 6.07) is 14.7. The van der Waals surface area contributed by atoms with Gasteiger partial charge in [-0.25, -0.2) is 8.42 Å². The topological polar surface area (TPSA) is 94.3 Å². The molecule has 0 aliphatic rings. The number of hydrogen-bond acceptors (Lipinski definition) is 4. The highest BCUT2D eigenvalue weighted by Crippen LogP contribution is 2.16. The largest absolute Gasteiger partial charge is 0.352 e. The Morgan fingerprint density at radius 1 is 1.08 bits per heavy atom. The summed E-state index contributed by atoms with van der Waals surface area (Å²) in [7, 11) is -1.52. The predicted octanol–water partition coefficient (Wildman–Crippen LogP) is 2.14. The van der Waals surface area contributed by atoms with Crippen LogP contribution in [0.5, 0.6) is 0 Å². The fourth-order valence-corrected chi connectivity index (χ4v) is 3.49. The van der Waals surface area contributed by atoms with Crippen molar-refractivity contribution in [2.24, 2.45) is 4.99 Å². The van der Waals surface area contributed by atoms with Crippen molar-refractivity contribution < 1.29 is 8.42 Å². The Morgan fingerprint density at radius 3 is 2.15 bits per heavy atom. The molecule has 0 radical (unpaired) electrons. The summed E-state index contributed by atoms with van der Waals surface area (Å²) in [5, 5.41) is 15.2. The van der Waals surface area contributed by atoms with Crippen LogP contribution < -0.4 is 10.6 Å². The van der Waals surface area contributed by atoms with Crippen LogP contribution in [-0.4, -0.2) is 27.7 Å². The van der Waals surface area contributed by atoms with Gasteiger partial charge in [-0.3, -0.25) is 4.99 Å². The van der Waals surface area contributed by atoms with Crippen molar-refractivity contribution in [1.82, 2.24) is 10.6 Å². The van der Waals surface area contributed by atoms with E-state index >= 15 is 0 Å². The molecule has 6 nitrogen and oxygen atoms in total. The van der Waals surface area contributed by atoms with Gasteiger partial charge in [0.1, 0.15) is 0 Å². The first-order chi connectivity index (χ1) is 12.3. The molecule has 0 spiro atoms. The average molecular weight is 370 g/mol. The fourth-order valence-electron chi connectivity index (χ4n) is 2.53. The second-order valence-corrected chi connectivity index (χ2v) is 7.94. The summed E-state index contributed by atoms with van der Waals surface area (Å²) in [6.07, 6.45) is 1.21. The zero-order valence-electron chi connectivity index (χ0n) is 15.1. The number of hydrogen-bond donors (Lipinski definition) is 2. The monoisotopic (exact) mass is 370 g/mol. The number of benzene rings is 2. The minimum absolute atomic E-state index is 0.351. The molecular weight excluding hydrogens is 348 g/mol. The lowest BCUT2D eigenvalue weighted by atomic mass is 10.1. The highest BCUT2D eigenvalue weighted by atomic mass is 32.2. The Morgan fingerprint density at radius 2 is 1.65 bits per heavy atom.